The summed E-state index contributed by atoms with van der Waals surface area (Å²) in [5.74, 6) is 1.01. The van der Waals surface area contributed by atoms with Crippen molar-refractivity contribution < 1.29 is 19.0 Å². The number of ether oxygens (including phenoxy) is 3. The van der Waals surface area contributed by atoms with Gasteiger partial charge in [0.05, 0.1) is 31.4 Å². The lowest BCUT2D eigenvalue weighted by Crippen LogP contribution is -2.09. The first-order chi connectivity index (χ1) is 11.9. The number of carbonyl (C=O) groups is 1. The Balaban J connectivity index is 2.29. The number of nitrogens with zero attached hydrogens (tertiary/aromatic N) is 1. The van der Waals surface area contributed by atoms with Crippen LogP contribution in [0, 0.1) is 32.1 Å². The molecule has 0 amide bonds. The second-order valence-corrected chi connectivity index (χ2v) is 5.69. The van der Waals surface area contributed by atoms with Crippen LogP contribution < -0.4 is 9.47 Å². The number of nitriles is 1. The topological polar surface area (TPSA) is 68.6 Å². The number of carbonyl (C=O) groups excluding carboxylic acids is 1. The molecule has 0 bridgehead atoms. The molecule has 0 heterocycles. The van der Waals surface area contributed by atoms with E-state index in [-0.39, 0.29) is 6.61 Å². The molecule has 130 valence electrons. The SMILES string of the molecule is COc1c(C)c(C)c(OC)c(COC(=O)c2ccc(C#N)cc2)c1C. The minimum absolute atomic E-state index is 0.0747. The van der Waals surface area contributed by atoms with Crippen molar-refractivity contribution in [2.75, 3.05) is 14.2 Å². The Labute approximate surface area is 147 Å². The van der Waals surface area contributed by atoms with Crippen LogP contribution in [0.4, 0.5) is 0 Å². The van der Waals surface area contributed by atoms with E-state index in [0.29, 0.717) is 16.9 Å². The standard InChI is InChI=1S/C20H21NO4/c1-12-13(2)19(24-5)17(14(3)18(12)23-4)11-25-20(22)16-8-6-15(10-21)7-9-16/h6-9H,11H2,1-5H3. The number of benzene rings is 2. The van der Waals surface area contributed by atoms with Gasteiger partial charge in [-0.3, -0.25) is 0 Å². The second kappa shape index (κ2) is 7.71. The Bertz CT molecular complexity index is 833. The Kier molecular flexibility index (Phi) is 5.66. The van der Waals surface area contributed by atoms with Crippen molar-refractivity contribution in [2.45, 2.75) is 27.4 Å². The molecule has 0 saturated heterocycles. The van der Waals surface area contributed by atoms with Crippen molar-refractivity contribution in [1.82, 2.24) is 0 Å². The maximum atomic E-state index is 12.3. The molecule has 0 N–H and O–H groups in total. The van der Waals surface area contributed by atoms with E-state index in [1.54, 1.807) is 38.5 Å². The third kappa shape index (κ3) is 3.58. The van der Waals surface area contributed by atoms with Crippen LogP contribution in [0.2, 0.25) is 0 Å². The predicted molar refractivity (Wildman–Crippen MR) is 94.0 cm³/mol. The highest BCUT2D eigenvalue weighted by Gasteiger charge is 2.20. The lowest BCUT2D eigenvalue weighted by molar-refractivity contribution is 0.0469. The molecule has 25 heavy (non-hydrogen) atoms. The summed E-state index contributed by atoms with van der Waals surface area (Å²) in [6, 6.07) is 8.34. The van der Waals surface area contributed by atoms with E-state index in [4.69, 9.17) is 19.5 Å². The molecule has 5 heteroatoms. The summed E-state index contributed by atoms with van der Waals surface area (Å²) < 4.78 is 16.5. The average Bonchev–Trinajstić information content (AvgIpc) is 2.63. The molecule has 2 rings (SSSR count). The van der Waals surface area contributed by atoms with Crippen molar-refractivity contribution in [3.63, 3.8) is 0 Å². The van der Waals surface area contributed by atoms with Crippen molar-refractivity contribution in [1.29, 1.82) is 5.26 Å². The molecule has 0 atom stereocenters. The zero-order valence-corrected chi connectivity index (χ0v) is 15.1. The molecular weight excluding hydrogens is 318 g/mol. The van der Waals surface area contributed by atoms with Crippen LogP contribution in [-0.2, 0) is 11.3 Å². The normalized spacial score (nSPS) is 10.1. The summed E-state index contributed by atoms with van der Waals surface area (Å²) in [5, 5.41) is 8.81. The molecule has 0 radical (unpaired) electrons. The van der Waals surface area contributed by atoms with E-state index in [9.17, 15) is 4.79 Å². The number of rotatable bonds is 5. The van der Waals surface area contributed by atoms with Gasteiger partial charge < -0.3 is 14.2 Å². The molecule has 0 fully saturated rings. The fourth-order valence-corrected chi connectivity index (χ4v) is 2.81. The molecule has 0 spiro atoms. The summed E-state index contributed by atoms with van der Waals surface area (Å²) in [6.45, 7) is 5.91. The summed E-state index contributed by atoms with van der Waals surface area (Å²) in [4.78, 5) is 12.3. The Hall–Kier alpha value is -3.00. The Morgan fingerprint density at radius 3 is 2.04 bits per heavy atom. The average molecular weight is 339 g/mol. The van der Waals surface area contributed by atoms with Crippen LogP contribution in [0.3, 0.4) is 0 Å². The highest BCUT2D eigenvalue weighted by molar-refractivity contribution is 5.89. The van der Waals surface area contributed by atoms with Crippen molar-refractivity contribution in [3.8, 4) is 17.6 Å². The van der Waals surface area contributed by atoms with Gasteiger partial charge in [-0.05, 0) is 56.2 Å². The van der Waals surface area contributed by atoms with Gasteiger partial charge in [0, 0.05) is 11.1 Å². The van der Waals surface area contributed by atoms with Gasteiger partial charge in [0.25, 0.3) is 0 Å². The molecule has 0 aromatic heterocycles. The van der Waals surface area contributed by atoms with Crippen LogP contribution in [0.25, 0.3) is 0 Å². The minimum Gasteiger partial charge on any atom is -0.496 e. The number of hydrogen-bond acceptors (Lipinski definition) is 5. The van der Waals surface area contributed by atoms with Crippen molar-refractivity contribution >= 4 is 5.97 Å². The number of hydrogen-bond donors (Lipinski definition) is 0. The molecule has 0 unspecified atom stereocenters. The quantitative estimate of drug-likeness (QED) is 0.774. The summed E-state index contributed by atoms with van der Waals surface area (Å²) in [5.41, 5.74) is 4.51. The highest BCUT2D eigenvalue weighted by Crippen LogP contribution is 2.38. The smallest absolute Gasteiger partial charge is 0.338 e. The van der Waals surface area contributed by atoms with E-state index < -0.39 is 5.97 Å². The molecule has 0 aliphatic heterocycles. The van der Waals surface area contributed by atoms with Gasteiger partial charge >= 0.3 is 5.97 Å². The van der Waals surface area contributed by atoms with E-state index in [0.717, 1.165) is 28.0 Å². The Morgan fingerprint density at radius 2 is 1.52 bits per heavy atom. The zero-order valence-electron chi connectivity index (χ0n) is 15.1. The van der Waals surface area contributed by atoms with E-state index >= 15 is 0 Å². The van der Waals surface area contributed by atoms with Gasteiger partial charge in [-0.2, -0.15) is 5.26 Å². The Morgan fingerprint density at radius 1 is 0.960 bits per heavy atom. The van der Waals surface area contributed by atoms with Crippen LogP contribution in [0.15, 0.2) is 24.3 Å². The predicted octanol–water partition coefficient (Wildman–Crippen LogP) is 3.86. The van der Waals surface area contributed by atoms with Crippen LogP contribution >= 0.6 is 0 Å². The number of esters is 1. The van der Waals surface area contributed by atoms with E-state index in [1.165, 1.54) is 0 Å². The fraction of sp³-hybridized carbons (Fsp3) is 0.300. The van der Waals surface area contributed by atoms with Gasteiger partial charge in [0.1, 0.15) is 18.1 Å². The van der Waals surface area contributed by atoms with E-state index in [2.05, 4.69) is 0 Å². The van der Waals surface area contributed by atoms with Gasteiger partial charge in [0.15, 0.2) is 0 Å². The van der Waals surface area contributed by atoms with Gasteiger partial charge in [-0.1, -0.05) is 0 Å². The molecule has 0 saturated carbocycles. The first-order valence-electron chi connectivity index (χ1n) is 7.82. The summed E-state index contributed by atoms with van der Waals surface area (Å²) >= 11 is 0. The second-order valence-electron chi connectivity index (χ2n) is 5.69. The molecule has 5 nitrogen and oxygen atoms in total. The minimum atomic E-state index is -0.455. The third-order valence-corrected chi connectivity index (χ3v) is 4.32. The molecule has 0 aliphatic carbocycles. The zero-order chi connectivity index (χ0) is 18.6. The van der Waals surface area contributed by atoms with Crippen LogP contribution in [0.1, 0.15) is 38.2 Å². The van der Waals surface area contributed by atoms with Gasteiger partial charge in [-0.25, -0.2) is 4.79 Å². The van der Waals surface area contributed by atoms with Crippen LogP contribution in [0.5, 0.6) is 11.5 Å². The first-order valence-corrected chi connectivity index (χ1v) is 7.82. The molecule has 2 aromatic rings. The maximum absolute atomic E-state index is 12.3. The largest absolute Gasteiger partial charge is 0.496 e. The monoisotopic (exact) mass is 339 g/mol. The van der Waals surface area contributed by atoms with E-state index in [1.807, 2.05) is 26.8 Å². The highest BCUT2D eigenvalue weighted by atomic mass is 16.5. The van der Waals surface area contributed by atoms with Crippen molar-refractivity contribution in [3.05, 3.63) is 57.6 Å². The lowest BCUT2D eigenvalue weighted by Gasteiger charge is -2.20. The summed E-state index contributed by atoms with van der Waals surface area (Å²) in [7, 11) is 3.22. The molecular formula is C20H21NO4. The molecule has 0 aliphatic rings. The third-order valence-electron chi connectivity index (χ3n) is 4.32. The lowest BCUT2D eigenvalue weighted by atomic mass is 9.97. The van der Waals surface area contributed by atoms with Gasteiger partial charge in [0.2, 0.25) is 0 Å². The summed E-state index contributed by atoms with van der Waals surface area (Å²) in [6.07, 6.45) is 0. The number of methoxy groups -OCH3 is 2. The van der Waals surface area contributed by atoms with Gasteiger partial charge in [-0.15, -0.1) is 0 Å². The van der Waals surface area contributed by atoms with Crippen molar-refractivity contribution in [2.24, 2.45) is 0 Å². The maximum Gasteiger partial charge on any atom is 0.338 e. The first kappa shape index (κ1) is 18.3. The fourth-order valence-electron chi connectivity index (χ4n) is 2.81. The molecule has 2 aromatic carbocycles. The van der Waals surface area contributed by atoms with Crippen LogP contribution in [-0.4, -0.2) is 20.2 Å².